The van der Waals surface area contributed by atoms with Crippen LogP contribution in [0.25, 0.3) is 0 Å². The van der Waals surface area contributed by atoms with Crippen molar-refractivity contribution in [3.05, 3.63) is 0 Å². The molecule has 0 aromatic carbocycles. The van der Waals surface area contributed by atoms with Gasteiger partial charge in [-0.05, 0) is 12.8 Å². The first-order valence-corrected chi connectivity index (χ1v) is 4.41. The van der Waals surface area contributed by atoms with Crippen LogP contribution in [0, 0.1) is 0 Å². The number of nitrogens with one attached hydrogen (secondary N) is 1. The van der Waals surface area contributed by atoms with Crippen LogP contribution in [0.2, 0.25) is 0 Å². The fraction of sp³-hybridized carbons (Fsp3) is 1.00. The quantitative estimate of drug-likeness (QED) is 0.543. The van der Waals surface area contributed by atoms with E-state index in [1.807, 2.05) is 0 Å². The van der Waals surface area contributed by atoms with Crippen LogP contribution in [0.1, 0.15) is 12.8 Å². The summed E-state index contributed by atoms with van der Waals surface area (Å²) in [6, 6.07) is 0. The van der Waals surface area contributed by atoms with Crippen molar-refractivity contribution >= 4 is 0 Å². The molecule has 64 valence electrons. The van der Waals surface area contributed by atoms with Gasteiger partial charge in [-0.1, -0.05) is 0 Å². The molecule has 0 unspecified atom stereocenters. The molecule has 0 amide bonds. The van der Waals surface area contributed by atoms with Crippen LogP contribution in [0.5, 0.6) is 0 Å². The van der Waals surface area contributed by atoms with E-state index in [9.17, 15) is 0 Å². The first-order valence-electron chi connectivity index (χ1n) is 4.41. The van der Waals surface area contributed by atoms with E-state index in [0.29, 0.717) is 12.2 Å². The minimum Gasteiger partial charge on any atom is -0.374 e. The Hall–Kier alpha value is -0.120. The summed E-state index contributed by atoms with van der Waals surface area (Å²) in [5.74, 6) is 0. The normalized spacial score (nSPS) is 39.3. The summed E-state index contributed by atoms with van der Waals surface area (Å²) in [6.45, 7) is 3.74. The summed E-state index contributed by atoms with van der Waals surface area (Å²) >= 11 is 0. The Morgan fingerprint density at radius 2 is 1.45 bits per heavy atom. The van der Waals surface area contributed by atoms with Crippen LogP contribution >= 0.6 is 0 Å². The van der Waals surface area contributed by atoms with Gasteiger partial charge >= 0.3 is 0 Å². The number of ether oxygens (including phenoxy) is 2. The predicted octanol–water partition coefficient (Wildman–Crippen LogP) is 0.154. The average molecular weight is 157 g/mol. The van der Waals surface area contributed by atoms with Gasteiger partial charge in [-0.3, -0.25) is 0 Å². The van der Waals surface area contributed by atoms with Gasteiger partial charge in [0.15, 0.2) is 0 Å². The van der Waals surface area contributed by atoms with E-state index < -0.39 is 0 Å². The zero-order chi connectivity index (χ0) is 7.52. The van der Waals surface area contributed by atoms with Crippen molar-refractivity contribution in [2.75, 3.05) is 26.3 Å². The Morgan fingerprint density at radius 1 is 0.909 bits per heavy atom. The highest BCUT2D eigenvalue weighted by Crippen LogP contribution is 2.13. The standard InChI is InChI=1S/C8H15NO2/c1-2-4-11-8-6-9-5-7(8)10-3-1/h7-9H,1-6H2/t7-,8+. The van der Waals surface area contributed by atoms with Crippen LogP contribution in [0.15, 0.2) is 0 Å². The molecule has 0 saturated carbocycles. The topological polar surface area (TPSA) is 30.5 Å². The van der Waals surface area contributed by atoms with Crippen molar-refractivity contribution in [1.29, 1.82) is 0 Å². The summed E-state index contributed by atoms with van der Waals surface area (Å²) in [5, 5.41) is 3.27. The summed E-state index contributed by atoms with van der Waals surface area (Å²) in [6.07, 6.45) is 2.91. The molecule has 11 heavy (non-hydrogen) atoms. The van der Waals surface area contributed by atoms with Crippen molar-refractivity contribution < 1.29 is 9.47 Å². The Bertz CT molecular complexity index is 115. The van der Waals surface area contributed by atoms with Crippen molar-refractivity contribution in [3.63, 3.8) is 0 Å². The first-order chi connectivity index (χ1) is 5.47. The number of rotatable bonds is 0. The summed E-state index contributed by atoms with van der Waals surface area (Å²) in [7, 11) is 0. The summed E-state index contributed by atoms with van der Waals surface area (Å²) in [4.78, 5) is 0. The van der Waals surface area contributed by atoms with Gasteiger partial charge in [0.25, 0.3) is 0 Å². The maximum absolute atomic E-state index is 5.62. The van der Waals surface area contributed by atoms with E-state index in [1.165, 1.54) is 0 Å². The van der Waals surface area contributed by atoms with Crippen LogP contribution in [-0.4, -0.2) is 38.5 Å². The number of hydrogen-bond donors (Lipinski definition) is 1. The smallest absolute Gasteiger partial charge is 0.0973 e. The largest absolute Gasteiger partial charge is 0.374 e. The van der Waals surface area contributed by atoms with E-state index in [2.05, 4.69) is 5.32 Å². The molecule has 0 aromatic rings. The average Bonchev–Trinajstić information content (AvgIpc) is 2.35. The molecule has 0 aromatic heterocycles. The fourth-order valence-corrected chi connectivity index (χ4v) is 1.64. The third kappa shape index (κ3) is 1.72. The van der Waals surface area contributed by atoms with Gasteiger partial charge < -0.3 is 14.8 Å². The third-order valence-corrected chi connectivity index (χ3v) is 2.31. The van der Waals surface area contributed by atoms with E-state index in [-0.39, 0.29) is 0 Å². The molecular weight excluding hydrogens is 142 g/mol. The van der Waals surface area contributed by atoms with Crippen molar-refractivity contribution in [3.8, 4) is 0 Å². The monoisotopic (exact) mass is 157 g/mol. The Morgan fingerprint density at radius 3 is 2.00 bits per heavy atom. The second-order valence-corrected chi connectivity index (χ2v) is 3.18. The van der Waals surface area contributed by atoms with Gasteiger partial charge in [0.2, 0.25) is 0 Å². The molecule has 2 aliphatic rings. The predicted molar refractivity (Wildman–Crippen MR) is 41.6 cm³/mol. The van der Waals surface area contributed by atoms with Crippen molar-refractivity contribution in [2.45, 2.75) is 25.0 Å². The zero-order valence-electron chi connectivity index (χ0n) is 6.71. The van der Waals surface area contributed by atoms with Crippen LogP contribution < -0.4 is 5.32 Å². The molecule has 0 spiro atoms. The molecular formula is C8H15NO2. The molecule has 0 radical (unpaired) electrons. The molecule has 3 nitrogen and oxygen atoms in total. The van der Waals surface area contributed by atoms with E-state index >= 15 is 0 Å². The van der Waals surface area contributed by atoms with Gasteiger partial charge in [-0.15, -0.1) is 0 Å². The van der Waals surface area contributed by atoms with Gasteiger partial charge in [-0.25, -0.2) is 0 Å². The minimum atomic E-state index is 0.315. The van der Waals surface area contributed by atoms with Gasteiger partial charge in [0.1, 0.15) is 0 Å². The highest BCUT2D eigenvalue weighted by molar-refractivity contribution is 4.83. The van der Waals surface area contributed by atoms with E-state index in [1.54, 1.807) is 0 Å². The Balaban J connectivity index is 1.89. The second kappa shape index (κ2) is 3.52. The SMILES string of the molecule is C1CCO[C@@H]2CNC[C@@H]2OC1. The molecule has 3 heteroatoms. The molecule has 0 aliphatic carbocycles. The van der Waals surface area contributed by atoms with Gasteiger partial charge in [0.05, 0.1) is 12.2 Å². The van der Waals surface area contributed by atoms with Crippen LogP contribution in [-0.2, 0) is 9.47 Å². The number of hydrogen-bond acceptors (Lipinski definition) is 3. The van der Waals surface area contributed by atoms with Gasteiger partial charge in [0, 0.05) is 26.3 Å². The Labute approximate surface area is 67.1 Å². The Kier molecular flexibility index (Phi) is 2.41. The van der Waals surface area contributed by atoms with Crippen LogP contribution in [0.3, 0.4) is 0 Å². The lowest BCUT2D eigenvalue weighted by Crippen LogP contribution is -2.32. The third-order valence-electron chi connectivity index (χ3n) is 2.31. The lowest BCUT2D eigenvalue weighted by Gasteiger charge is -2.22. The van der Waals surface area contributed by atoms with E-state index in [0.717, 1.165) is 39.1 Å². The maximum Gasteiger partial charge on any atom is 0.0973 e. The first kappa shape index (κ1) is 7.53. The highest BCUT2D eigenvalue weighted by Gasteiger charge is 2.28. The molecule has 2 saturated heterocycles. The molecule has 2 rings (SSSR count). The fourth-order valence-electron chi connectivity index (χ4n) is 1.64. The highest BCUT2D eigenvalue weighted by atomic mass is 16.5. The van der Waals surface area contributed by atoms with Crippen molar-refractivity contribution in [1.82, 2.24) is 5.32 Å². The lowest BCUT2D eigenvalue weighted by atomic mass is 10.2. The molecule has 0 bridgehead atoms. The van der Waals surface area contributed by atoms with Gasteiger partial charge in [-0.2, -0.15) is 0 Å². The molecule has 2 aliphatic heterocycles. The minimum absolute atomic E-state index is 0.315. The van der Waals surface area contributed by atoms with Crippen LogP contribution in [0.4, 0.5) is 0 Å². The summed E-state index contributed by atoms with van der Waals surface area (Å²) in [5.41, 5.74) is 0. The second-order valence-electron chi connectivity index (χ2n) is 3.18. The molecule has 1 N–H and O–H groups in total. The molecule has 2 heterocycles. The summed E-state index contributed by atoms with van der Waals surface area (Å²) < 4.78 is 11.2. The zero-order valence-corrected chi connectivity index (χ0v) is 6.71. The molecule has 2 atom stereocenters. The molecule has 2 fully saturated rings. The number of fused-ring (bicyclic) bond motifs is 1. The maximum atomic E-state index is 5.62. The van der Waals surface area contributed by atoms with E-state index in [4.69, 9.17) is 9.47 Å². The van der Waals surface area contributed by atoms with Crippen molar-refractivity contribution in [2.24, 2.45) is 0 Å². The lowest BCUT2D eigenvalue weighted by molar-refractivity contribution is -0.0655.